The summed E-state index contributed by atoms with van der Waals surface area (Å²) in [6.45, 7) is 3.39. The molecule has 0 spiro atoms. The van der Waals surface area contributed by atoms with Crippen molar-refractivity contribution in [2.75, 3.05) is 40.4 Å². The predicted molar refractivity (Wildman–Crippen MR) is 95.4 cm³/mol. The van der Waals surface area contributed by atoms with Crippen LogP contribution in [0.2, 0.25) is 0 Å². The molecule has 0 saturated heterocycles. The van der Waals surface area contributed by atoms with Gasteiger partial charge in [0.25, 0.3) is 0 Å². The van der Waals surface area contributed by atoms with Gasteiger partial charge in [-0.2, -0.15) is 0 Å². The lowest BCUT2D eigenvalue weighted by molar-refractivity contribution is -0.120. The van der Waals surface area contributed by atoms with Gasteiger partial charge in [-0.25, -0.2) is 4.39 Å². The fourth-order valence-electron chi connectivity index (χ4n) is 1.94. The van der Waals surface area contributed by atoms with Gasteiger partial charge in [0.1, 0.15) is 6.10 Å². The van der Waals surface area contributed by atoms with Gasteiger partial charge in [-0.15, -0.1) is 0 Å². The zero-order valence-electron chi connectivity index (χ0n) is 15.0. The maximum absolute atomic E-state index is 13.7. The molecule has 0 bridgehead atoms. The molecule has 1 amide bonds. The Labute approximate surface area is 148 Å². The third kappa shape index (κ3) is 8.35. The molecule has 7 nitrogen and oxygen atoms in total. The number of halogens is 1. The van der Waals surface area contributed by atoms with Gasteiger partial charge < -0.3 is 25.4 Å². The van der Waals surface area contributed by atoms with Crippen LogP contribution in [0, 0.1) is 5.82 Å². The van der Waals surface area contributed by atoms with Crippen LogP contribution in [0.1, 0.15) is 13.3 Å². The molecule has 25 heavy (non-hydrogen) atoms. The summed E-state index contributed by atoms with van der Waals surface area (Å²) in [6.07, 6.45) is 0.460. The summed E-state index contributed by atoms with van der Waals surface area (Å²) >= 11 is 0. The molecule has 1 aromatic carbocycles. The Morgan fingerprint density at radius 2 is 2.04 bits per heavy atom. The molecule has 1 unspecified atom stereocenters. The molecule has 1 aromatic rings. The Morgan fingerprint density at radius 3 is 2.68 bits per heavy atom. The lowest BCUT2D eigenvalue weighted by Crippen LogP contribution is -2.46. The van der Waals surface area contributed by atoms with Crippen molar-refractivity contribution in [3.63, 3.8) is 0 Å². The van der Waals surface area contributed by atoms with Gasteiger partial charge in [0.15, 0.2) is 17.5 Å². The fraction of sp³-hybridized carbons (Fsp3) is 0.529. The first-order chi connectivity index (χ1) is 12.1. The molecule has 3 N–H and O–H groups in total. The van der Waals surface area contributed by atoms with E-state index < -0.39 is 5.82 Å². The Kier molecular flexibility index (Phi) is 10.00. The topological polar surface area (TPSA) is 84.0 Å². The summed E-state index contributed by atoms with van der Waals surface area (Å²) in [5.74, 6) is 0.139. The summed E-state index contributed by atoms with van der Waals surface area (Å²) in [5.41, 5.74) is 0. The minimum Gasteiger partial charge on any atom is -0.486 e. The lowest BCUT2D eigenvalue weighted by Gasteiger charge is -2.20. The number of hydrogen-bond donors (Lipinski definition) is 3. The minimum absolute atomic E-state index is 0.0916. The number of benzene rings is 1. The van der Waals surface area contributed by atoms with Crippen LogP contribution in [0.5, 0.6) is 5.75 Å². The van der Waals surface area contributed by atoms with Crippen molar-refractivity contribution in [3.05, 3.63) is 30.1 Å². The Bertz CT molecular complexity index is 554. The van der Waals surface area contributed by atoms with Gasteiger partial charge in [0, 0.05) is 20.7 Å². The van der Waals surface area contributed by atoms with Crippen LogP contribution in [0.3, 0.4) is 0 Å². The van der Waals surface area contributed by atoms with E-state index in [1.54, 1.807) is 32.4 Å². The fourth-order valence-corrected chi connectivity index (χ4v) is 1.94. The second-order valence-corrected chi connectivity index (χ2v) is 5.23. The van der Waals surface area contributed by atoms with Crippen molar-refractivity contribution >= 4 is 11.9 Å². The van der Waals surface area contributed by atoms with E-state index in [4.69, 9.17) is 9.47 Å². The summed E-state index contributed by atoms with van der Waals surface area (Å²) in [4.78, 5) is 15.7. The number of para-hydroxylation sites is 1. The molecule has 0 aliphatic heterocycles. The summed E-state index contributed by atoms with van der Waals surface area (Å²) < 4.78 is 24.2. The number of nitrogens with zero attached hydrogens (tertiary/aromatic N) is 1. The molecule has 0 fully saturated rings. The molecule has 1 rings (SSSR count). The Hall–Kier alpha value is -2.35. The Balaban J connectivity index is 2.39. The zero-order valence-corrected chi connectivity index (χ0v) is 15.0. The Morgan fingerprint density at radius 1 is 1.28 bits per heavy atom. The number of hydrogen-bond acceptors (Lipinski definition) is 4. The normalized spacial score (nSPS) is 12.4. The molecule has 0 aliphatic carbocycles. The van der Waals surface area contributed by atoms with Gasteiger partial charge in [0.2, 0.25) is 5.91 Å². The standard InChI is InChI=1S/C17H27FN4O3/c1-4-13(25-15-8-6-5-7-14(15)18)11-21-17(19-2)22-12-16(23)20-9-10-24-3/h5-8,13H,4,9-12H2,1-3H3,(H,20,23)(H2,19,21,22). The SMILES string of the molecule is CCC(CNC(=NC)NCC(=O)NCCOC)Oc1ccccc1F. The third-order valence-electron chi connectivity index (χ3n) is 3.35. The molecular formula is C17H27FN4O3. The van der Waals surface area contributed by atoms with Crippen LogP contribution in [0.15, 0.2) is 29.3 Å². The first-order valence-corrected chi connectivity index (χ1v) is 8.22. The highest BCUT2D eigenvalue weighted by Crippen LogP contribution is 2.17. The van der Waals surface area contributed by atoms with Gasteiger partial charge in [-0.05, 0) is 18.6 Å². The molecule has 0 radical (unpaired) electrons. The maximum atomic E-state index is 13.7. The molecule has 140 valence electrons. The number of ether oxygens (including phenoxy) is 2. The number of carbonyl (C=O) groups is 1. The molecule has 8 heteroatoms. The van der Waals surface area contributed by atoms with E-state index in [2.05, 4.69) is 20.9 Å². The number of rotatable bonds is 10. The smallest absolute Gasteiger partial charge is 0.239 e. The summed E-state index contributed by atoms with van der Waals surface area (Å²) in [7, 11) is 3.18. The number of guanidine groups is 1. The summed E-state index contributed by atoms with van der Waals surface area (Å²) in [6, 6.07) is 6.29. The highest BCUT2D eigenvalue weighted by Gasteiger charge is 2.12. The minimum atomic E-state index is -0.392. The number of methoxy groups -OCH3 is 1. The molecule has 0 aliphatic rings. The number of nitrogens with one attached hydrogen (secondary N) is 3. The van der Waals surface area contributed by atoms with Crippen LogP contribution in [-0.4, -0.2) is 58.4 Å². The van der Waals surface area contributed by atoms with Crippen molar-refractivity contribution in [2.45, 2.75) is 19.4 Å². The second-order valence-electron chi connectivity index (χ2n) is 5.23. The van der Waals surface area contributed by atoms with E-state index in [0.717, 1.165) is 0 Å². The lowest BCUT2D eigenvalue weighted by atomic mass is 10.2. The predicted octanol–water partition coefficient (Wildman–Crippen LogP) is 0.911. The van der Waals surface area contributed by atoms with Crippen molar-refractivity contribution in [2.24, 2.45) is 4.99 Å². The first kappa shape index (κ1) is 20.7. The second kappa shape index (κ2) is 12.1. The van der Waals surface area contributed by atoms with Gasteiger partial charge in [0.05, 0.1) is 19.7 Å². The van der Waals surface area contributed by atoms with Crippen molar-refractivity contribution < 1.29 is 18.7 Å². The average molecular weight is 354 g/mol. The highest BCUT2D eigenvalue weighted by molar-refractivity contribution is 5.86. The van der Waals surface area contributed by atoms with E-state index in [9.17, 15) is 9.18 Å². The van der Waals surface area contributed by atoms with Gasteiger partial charge in [-0.1, -0.05) is 19.1 Å². The summed E-state index contributed by atoms with van der Waals surface area (Å²) in [5, 5.41) is 8.68. The first-order valence-electron chi connectivity index (χ1n) is 8.22. The van der Waals surface area contributed by atoms with Crippen LogP contribution in [0.25, 0.3) is 0 Å². The van der Waals surface area contributed by atoms with Crippen molar-refractivity contribution in [1.29, 1.82) is 0 Å². The molecular weight excluding hydrogens is 327 g/mol. The van der Waals surface area contributed by atoms with E-state index in [1.165, 1.54) is 6.07 Å². The van der Waals surface area contributed by atoms with Crippen molar-refractivity contribution in [1.82, 2.24) is 16.0 Å². The third-order valence-corrected chi connectivity index (χ3v) is 3.35. The van der Waals surface area contributed by atoms with Crippen LogP contribution in [-0.2, 0) is 9.53 Å². The van der Waals surface area contributed by atoms with Gasteiger partial charge in [-0.3, -0.25) is 9.79 Å². The number of carbonyl (C=O) groups excluding carboxylic acids is 1. The highest BCUT2D eigenvalue weighted by atomic mass is 19.1. The largest absolute Gasteiger partial charge is 0.486 e. The average Bonchev–Trinajstić information content (AvgIpc) is 2.62. The number of aliphatic imine (C=N–C) groups is 1. The van der Waals surface area contributed by atoms with Crippen molar-refractivity contribution in [3.8, 4) is 5.75 Å². The van der Waals surface area contributed by atoms with Gasteiger partial charge >= 0.3 is 0 Å². The molecule has 0 heterocycles. The van der Waals surface area contributed by atoms with E-state index in [1.807, 2.05) is 6.92 Å². The quantitative estimate of drug-likeness (QED) is 0.330. The maximum Gasteiger partial charge on any atom is 0.239 e. The molecule has 1 atom stereocenters. The van der Waals surface area contributed by atoms with Crippen LogP contribution < -0.4 is 20.7 Å². The molecule has 0 saturated carbocycles. The van der Waals surface area contributed by atoms with Crippen LogP contribution in [0.4, 0.5) is 4.39 Å². The van der Waals surface area contributed by atoms with Crippen LogP contribution >= 0.6 is 0 Å². The molecule has 0 aromatic heterocycles. The van der Waals surface area contributed by atoms with E-state index >= 15 is 0 Å². The van der Waals surface area contributed by atoms with E-state index in [0.29, 0.717) is 32.1 Å². The monoisotopic (exact) mass is 354 g/mol. The number of amides is 1. The van der Waals surface area contributed by atoms with E-state index in [-0.39, 0.29) is 24.3 Å². The zero-order chi connectivity index (χ0) is 18.5.